The summed E-state index contributed by atoms with van der Waals surface area (Å²) in [6, 6.07) is 8.45. The smallest absolute Gasteiger partial charge is 0.138 e. The van der Waals surface area contributed by atoms with Gasteiger partial charge < -0.3 is 10.1 Å². The Morgan fingerprint density at radius 1 is 1.35 bits per heavy atom. The molecule has 5 heteroatoms. The molecule has 0 bridgehead atoms. The fourth-order valence-corrected chi connectivity index (χ4v) is 3.29. The highest BCUT2D eigenvalue weighted by Gasteiger charge is 2.05. The Bertz CT molecular complexity index is 571. The third-order valence-electron chi connectivity index (χ3n) is 2.70. The van der Waals surface area contributed by atoms with Crippen LogP contribution in [0.1, 0.15) is 24.3 Å². The van der Waals surface area contributed by atoms with Crippen molar-refractivity contribution in [3.63, 3.8) is 0 Å². The van der Waals surface area contributed by atoms with Crippen LogP contribution >= 0.6 is 38.9 Å². The third kappa shape index (κ3) is 4.77. The standard InChI is InChI=1S/C15H17BrClNOS/c1-10(2)18-7-11-3-4-15(14(17)5-11)19-8-13-6-12(16)9-20-13/h3-6,9-10,18H,7-8H2,1-2H3. The molecule has 0 aliphatic heterocycles. The lowest BCUT2D eigenvalue weighted by Gasteiger charge is -2.11. The van der Waals surface area contributed by atoms with Crippen LogP contribution in [0.15, 0.2) is 34.1 Å². The lowest BCUT2D eigenvalue weighted by molar-refractivity contribution is 0.310. The second-order valence-corrected chi connectivity index (χ2v) is 7.14. The van der Waals surface area contributed by atoms with E-state index in [1.807, 2.05) is 23.6 Å². The molecule has 0 aliphatic carbocycles. The fraction of sp³-hybridized carbons (Fsp3) is 0.333. The van der Waals surface area contributed by atoms with E-state index in [4.69, 9.17) is 16.3 Å². The van der Waals surface area contributed by atoms with Gasteiger partial charge in [0.2, 0.25) is 0 Å². The Hall–Kier alpha value is -0.550. The van der Waals surface area contributed by atoms with Crippen molar-refractivity contribution < 1.29 is 4.74 Å². The lowest BCUT2D eigenvalue weighted by Crippen LogP contribution is -2.21. The minimum absolute atomic E-state index is 0.460. The van der Waals surface area contributed by atoms with Crippen molar-refractivity contribution in [1.29, 1.82) is 0 Å². The van der Waals surface area contributed by atoms with E-state index < -0.39 is 0 Å². The van der Waals surface area contributed by atoms with Crippen molar-refractivity contribution >= 4 is 38.9 Å². The molecule has 0 unspecified atom stereocenters. The van der Waals surface area contributed by atoms with Gasteiger partial charge in [-0.1, -0.05) is 31.5 Å². The van der Waals surface area contributed by atoms with Crippen LogP contribution in [0.2, 0.25) is 5.02 Å². The Kier molecular flexibility index (Phi) is 5.90. The van der Waals surface area contributed by atoms with Gasteiger partial charge in [-0.25, -0.2) is 0 Å². The molecule has 0 spiro atoms. The summed E-state index contributed by atoms with van der Waals surface area (Å²) in [6.45, 7) is 5.60. The zero-order chi connectivity index (χ0) is 14.5. The van der Waals surface area contributed by atoms with E-state index in [-0.39, 0.29) is 0 Å². The number of hydrogen-bond donors (Lipinski definition) is 1. The Balaban J connectivity index is 1.95. The van der Waals surface area contributed by atoms with Crippen molar-refractivity contribution in [1.82, 2.24) is 5.32 Å². The summed E-state index contributed by atoms with van der Waals surface area (Å²) in [5.74, 6) is 0.726. The molecule has 2 aromatic rings. The third-order valence-corrected chi connectivity index (χ3v) is 4.67. The molecular weight excluding hydrogens is 358 g/mol. The number of thiophene rings is 1. The van der Waals surface area contributed by atoms with Crippen LogP contribution in [0.5, 0.6) is 5.75 Å². The topological polar surface area (TPSA) is 21.3 Å². The van der Waals surface area contributed by atoms with E-state index in [0.717, 1.165) is 22.3 Å². The van der Waals surface area contributed by atoms with E-state index in [9.17, 15) is 0 Å². The van der Waals surface area contributed by atoms with Crippen LogP contribution in [-0.4, -0.2) is 6.04 Å². The highest BCUT2D eigenvalue weighted by Crippen LogP contribution is 2.28. The monoisotopic (exact) mass is 373 g/mol. The van der Waals surface area contributed by atoms with Crippen molar-refractivity contribution in [3.8, 4) is 5.75 Å². The summed E-state index contributed by atoms with van der Waals surface area (Å²) in [6.07, 6.45) is 0. The molecule has 0 saturated carbocycles. The predicted octanol–water partition coefficient (Wildman–Crippen LogP) is 5.24. The summed E-state index contributed by atoms with van der Waals surface area (Å²) >= 11 is 11.4. The minimum atomic E-state index is 0.460. The van der Waals surface area contributed by atoms with E-state index in [1.54, 1.807) is 11.3 Å². The SMILES string of the molecule is CC(C)NCc1ccc(OCc2cc(Br)cs2)c(Cl)c1. The first-order valence-corrected chi connectivity index (χ1v) is 8.47. The van der Waals surface area contributed by atoms with Crippen LogP contribution in [0.3, 0.4) is 0 Å². The number of rotatable bonds is 6. The molecule has 108 valence electrons. The van der Waals surface area contributed by atoms with E-state index >= 15 is 0 Å². The molecule has 1 N–H and O–H groups in total. The Labute approximate surface area is 137 Å². The zero-order valence-corrected chi connectivity index (χ0v) is 14.6. The number of halogens is 2. The quantitative estimate of drug-likeness (QED) is 0.746. The predicted molar refractivity (Wildman–Crippen MR) is 89.8 cm³/mol. The maximum Gasteiger partial charge on any atom is 0.138 e. The van der Waals surface area contributed by atoms with Gasteiger partial charge in [0.15, 0.2) is 0 Å². The van der Waals surface area contributed by atoms with Gasteiger partial charge in [-0.15, -0.1) is 11.3 Å². The lowest BCUT2D eigenvalue weighted by atomic mass is 10.2. The van der Waals surface area contributed by atoms with Gasteiger partial charge in [0.1, 0.15) is 12.4 Å². The van der Waals surface area contributed by atoms with Crippen molar-refractivity contribution in [2.45, 2.75) is 33.0 Å². The maximum absolute atomic E-state index is 6.26. The second-order valence-electron chi connectivity index (χ2n) is 4.82. The zero-order valence-electron chi connectivity index (χ0n) is 11.5. The highest BCUT2D eigenvalue weighted by atomic mass is 79.9. The first-order valence-electron chi connectivity index (χ1n) is 6.42. The molecular formula is C15H17BrClNOS. The first-order chi connectivity index (χ1) is 9.54. The first kappa shape index (κ1) is 15.8. The van der Waals surface area contributed by atoms with E-state index in [0.29, 0.717) is 17.7 Å². The van der Waals surface area contributed by atoms with Gasteiger partial charge in [0, 0.05) is 27.3 Å². The van der Waals surface area contributed by atoms with Crippen LogP contribution in [-0.2, 0) is 13.2 Å². The van der Waals surface area contributed by atoms with Crippen LogP contribution < -0.4 is 10.1 Å². The van der Waals surface area contributed by atoms with Gasteiger partial charge >= 0.3 is 0 Å². The molecule has 20 heavy (non-hydrogen) atoms. The summed E-state index contributed by atoms with van der Waals surface area (Å²) in [5, 5.41) is 6.06. The van der Waals surface area contributed by atoms with Crippen LogP contribution in [0.25, 0.3) is 0 Å². The molecule has 0 radical (unpaired) electrons. The molecule has 0 fully saturated rings. The molecule has 2 nitrogen and oxygen atoms in total. The molecule has 1 aromatic carbocycles. The summed E-state index contributed by atoms with van der Waals surface area (Å²) < 4.78 is 6.84. The van der Waals surface area contributed by atoms with Crippen LogP contribution in [0, 0.1) is 0 Å². The maximum atomic E-state index is 6.26. The van der Waals surface area contributed by atoms with Crippen molar-refractivity contribution in [2.24, 2.45) is 0 Å². The number of nitrogens with one attached hydrogen (secondary N) is 1. The number of ether oxygens (including phenoxy) is 1. The van der Waals surface area contributed by atoms with Crippen molar-refractivity contribution in [2.75, 3.05) is 0 Å². The average molecular weight is 375 g/mol. The molecule has 0 saturated heterocycles. The minimum Gasteiger partial charge on any atom is -0.487 e. The van der Waals surface area contributed by atoms with Crippen molar-refractivity contribution in [3.05, 3.63) is 49.6 Å². The second kappa shape index (κ2) is 7.46. The van der Waals surface area contributed by atoms with E-state index in [2.05, 4.69) is 41.2 Å². The number of hydrogen-bond acceptors (Lipinski definition) is 3. The summed E-state index contributed by atoms with van der Waals surface area (Å²) in [4.78, 5) is 1.17. The van der Waals surface area contributed by atoms with Crippen LogP contribution in [0.4, 0.5) is 0 Å². The molecule has 1 aromatic heterocycles. The summed E-state index contributed by atoms with van der Waals surface area (Å²) in [5.41, 5.74) is 1.16. The molecule has 1 heterocycles. The largest absolute Gasteiger partial charge is 0.487 e. The number of benzene rings is 1. The average Bonchev–Trinajstić information content (AvgIpc) is 2.81. The molecule has 2 rings (SSSR count). The highest BCUT2D eigenvalue weighted by molar-refractivity contribution is 9.10. The molecule has 0 atom stereocenters. The van der Waals surface area contributed by atoms with Gasteiger partial charge in [-0.2, -0.15) is 0 Å². The molecule has 0 amide bonds. The summed E-state index contributed by atoms with van der Waals surface area (Å²) in [7, 11) is 0. The Morgan fingerprint density at radius 3 is 2.75 bits per heavy atom. The van der Waals surface area contributed by atoms with E-state index in [1.165, 1.54) is 4.88 Å². The van der Waals surface area contributed by atoms with Gasteiger partial charge in [-0.05, 0) is 39.7 Å². The fourth-order valence-electron chi connectivity index (χ4n) is 1.67. The van der Waals surface area contributed by atoms with Gasteiger partial charge in [0.25, 0.3) is 0 Å². The molecule has 0 aliphatic rings. The van der Waals surface area contributed by atoms with Gasteiger partial charge in [-0.3, -0.25) is 0 Å². The van der Waals surface area contributed by atoms with Gasteiger partial charge in [0.05, 0.1) is 5.02 Å². The Morgan fingerprint density at radius 2 is 2.15 bits per heavy atom. The normalized spacial score (nSPS) is 11.1.